The van der Waals surface area contributed by atoms with Gasteiger partial charge in [0.15, 0.2) is 6.29 Å². The molecule has 15 nitrogen and oxygen atoms in total. The smallest absolute Gasteiger partial charge is 0.187 e. The van der Waals surface area contributed by atoms with Crippen LogP contribution in [-0.4, -0.2) is 154 Å². The molecule has 0 aromatic carbocycles. The summed E-state index contributed by atoms with van der Waals surface area (Å²) in [6.45, 7) is 6.77. The van der Waals surface area contributed by atoms with Crippen molar-refractivity contribution in [2.75, 3.05) is 99.0 Å². The average molecular weight is 562 g/mol. The molecule has 39 heavy (non-hydrogen) atoms. The van der Waals surface area contributed by atoms with Crippen LogP contribution in [0, 0.1) is 0 Å². The van der Waals surface area contributed by atoms with E-state index in [-0.39, 0.29) is 37.6 Å². The highest BCUT2D eigenvalue weighted by molar-refractivity contribution is 4.94. The SMILES string of the molecule is [N-]=[N+]=NCCOCCOCCO[C@@H]1OC(COCC2CO2)[C@@H](OCC2CO2)C(OCC2CO2)C1OCC1CO1. The van der Waals surface area contributed by atoms with Crippen LogP contribution >= 0.6 is 0 Å². The fourth-order valence-corrected chi connectivity index (χ4v) is 4.04. The lowest BCUT2D eigenvalue weighted by Gasteiger charge is -2.45. The number of rotatable bonds is 23. The maximum absolute atomic E-state index is 8.28. The molecule has 5 saturated heterocycles. The van der Waals surface area contributed by atoms with Gasteiger partial charge >= 0.3 is 0 Å². The number of azide groups is 1. The molecular weight excluding hydrogens is 522 g/mol. The summed E-state index contributed by atoms with van der Waals surface area (Å²) in [6, 6.07) is 0. The molecule has 5 fully saturated rings. The lowest BCUT2D eigenvalue weighted by Crippen LogP contribution is -2.62. The molecule has 0 aliphatic carbocycles. The Morgan fingerprint density at radius 2 is 1.13 bits per heavy atom. The van der Waals surface area contributed by atoms with Crippen LogP contribution in [0.15, 0.2) is 5.11 Å². The zero-order valence-electron chi connectivity index (χ0n) is 22.0. The molecule has 0 aromatic rings. The minimum absolute atomic E-state index is 0.0547. The summed E-state index contributed by atoms with van der Waals surface area (Å²) in [4.78, 5) is 2.68. The Bertz CT molecular complexity index is 761. The molecular formula is C24H39N3O12. The van der Waals surface area contributed by atoms with Crippen molar-refractivity contribution in [3.05, 3.63) is 10.4 Å². The molecule has 15 heteroatoms. The summed E-state index contributed by atoms with van der Waals surface area (Å²) >= 11 is 0. The van der Waals surface area contributed by atoms with Gasteiger partial charge in [0, 0.05) is 11.5 Å². The second kappa shape index (κ2) is 15.7. The topological polar surface area (TPSA) is 173 Å². The summed E-state index contributed by atoms with van der Waals surface area (Å²) in [5.41, 5.74) is 8.28. The van der Waals surface area contributed by atoms with Gasteiger partial charge in [0.2, 0.25) is 0 Å². The summed E-state index contributed by atoms with van der Waals surface area (Å²) in [6.07, 6.45) is -2.37. The third kappa shape index (κ3) is 11.0. The van der Waals surface area contributed by atoms with Gasteiger partial charge in [0.05, 0.1) is 92.5 Å². The quantitative estimate of drug-likeness (QED) is 0.0531. The van der Waals surface area contributed by atoms with Gasteiger partial charge in [-0.1, -0.05) is 5.11 Å². The summed E-state index contributed by atoms with van der Waals surface area (Å²) in [5, 5.41) is 3.42. The van der Waals surface area contributed by atoms with Crippen LogP contribution in [0.4, 0.5) is 0 Å². The molecule has 9 atom stereocenters. The second-order valence-corrected chi connectivity index (χ2v) is 9.85. The Kier molecular flexibility index (Phi) is 11.8. The summed E-state index contributed by atoms with van der Waals surface area (Å²) in [5.74, 6) is 0. The Morgan fingerprint density at radius 1 is 0.590 bits per heavy atom. The fraction of sp³-hybridized carbons (Fsp3) is 1.00. The van der Waals surface area contributed by atoms with Crippen LogP contribution in [0.25, 0.3) is 10.4 Å². The van der Waals surface area contributed by atoms with Crippen LogP contribution in [0.1, 0.15) is 0 Å². The molecule has 0 radical (unpaired) electrons. The minimum atomic E-state index is -0.736. The lowest BCUT2D eigenvalue weighted by molar-refractivity contribution is -0.325. The lowest BCUT2D eigenvalue weighted by atomic mass is 9.98. The van der Waals surface area contributed by atoms with Crippen molar-refractivity contribution in [2.24, 2.45) is 5.11 Å². The monoisotopic (exact) mass is 561 g/mol. The molecule has 0 N–H and O–H groups in total. The highest BCUT2D eigenvalue weighted by Crippen LogP contribution is 2.32. The number of hydrogen-bond acceptors (Lipinski definition) is 13. The van der Waals surface area contributed by atoms with E-state index in [2.05, 4.69) is 10.0 Å². The maximum atomic E-state index is 8.28. The number of ether oxygens (including phenoxy) is 12. The Labute approximate surface area is 227 Å². The van der Waals surface area contributed by atoms with Crippen molar-refractivity contribution in [1.82, 2.24) is 0 Å². The first kappa shape index (κ1) is 29.3. The van der Waals surface area contributed by atoms with Crippen molar-refractivity contribution < 1.29 is 56.8 Å². The molecule has 222 valence electrons. The van der Waals surface area contributed by atoms with Crippen molar-refractivity contribution >= 4 is 0 Å². The number of nitrogens with zero attached hydrogens (tertiary/aromatic N) is 3. The van der Waals surface area contributed by atoms with E-state index in [4.69, 9.17) is 62.4 Å². The molecule has 0 spiro atoms. The number of hydrogen-bond donors (Lipinski definition) is 0. The summed E-state index contributed by atoms with van der Waals surface area (Å²) in [7, 11) is 0. The van der Waals surface area contributed by atoms with Gasteiger partial charge in [-0.15, -0.1) is 0 Å². The predicted octanol–water partition coefficient (Wildman–Crippen LogP) is -0.161. The predicted molar refractivity (Wildman–Crippen MR) is 129 cm³/mol. The third-order valence-corrected chi connectivity index (χ3v) is 6.49. The largest absolute Gasteiger partial charge is 0.379 e. The molecule has 7 unspecified atom stereocenters. The third-order valence-electron chi connectivity index (χ3n) is 6.49. The van der Waals surface area contributed by atoms with E-state index in [0.29, 0.717) is 85.8 Å². The van der Waals surface area contributed by atoms with E-state index in [0.717, 1.165) is 0 Å². The van der Waals surface area contributed by atoms with Crippen LogP contribution in [-0.2, 0) is 56.8 Å². The van der Waals surface area contributed by atoms with Crippen LogP contribution in [0.3, 0.4) is 0 Å². The minimum Gasteiger partial charge on any atom is -0.379 e. The van der Waals surface area contributed by atoms with E-state index < -0.39 is 30.7 Å². The van der Waals surface area contributed by atoms with Crippen molar-refractivity contribution in [1.29, 1.82) is 0 Å². The molecule has 0 aromatic heterocycles. The first-order valence-electron chi connectivity index (χ1n) is 13.6. The average Bonchev–Trinajstić information content (AvgIpc) is 3.77. The molecule has 0 amide bonds. The van der Waals surface area contributed by atoms with Crippen LogP contribution < -0.4 is 0 Å². The van der Waals surface area contributed by atoms with Gasteiger partial charge < -0.3 is 56.8 Å². The van der Waals surface area contributed by atoms with E-state index in [1.165, 1.54) is 0 Å². The highest BCUT2D eigenvalue weighted by Gasteiger charge is 2.50. The van der Waals surface area contributed by atoms with E-state index in [1.807, 2.05) is 0 Å². The zero-order valence-corrected chi connectivity index (χ0v) is 22.0. The van der Waals surface area contributed by atoms with Gasteiger partial charge in [-0.3, -0.25) is 0 Å². The molecule has 5 aliphatic heterocycles. The Balaban J connectivity index is 1.16. The molecule has 0 bridgehead atoms. The second-order valence-electron chi connectivity index (χ2n) is 9.85. The standard InChI is InChI=1S/C24H39N3O12/c25-27-26-1-2-28-3-4-29-5-6-31-24-23(38-14-19-11-35-19)22(37-13-18-10-34-18)21(36-12-17-9-33-17)20(39-24)15-30-7-16-8-32-16/h16-24H,1-15H2/t16?,17?,18?,19?,20?,21-,22?,23?,24-/m1/s1. The maximum Gasteiger partial charge on any atom is 0.187 e. The van der Waals surface area contributed by atoms with Crippen LogP contribution in [0.2, 0.25) is 0 Å². The van der Waals surface area contributed by atoms with E-state index in [1.54, 1.807) is 0 Å². The first-order chi connectivity index (χ1) is 19.3. The van der Waals surface area contributed by atoms with Gasteiger partial charge in [-0.25, -0.2) is 0 Å². The van der Waals surface area contributed by atoms with Gasteiger partial charge in [0.25, 0.3) is 0 Å². The van der Waals surface area contributed by atoms with E-state index in [9.17, 15) is 0 Å². The number of epoxide rings is 4. The Morgan fingerprint density at radius 3 is 1.74 bits per heavy atom. The molecule has 5 rings (SSSR count). The van der Waals surface area contributed by atoms with E-state index >= 15 is 0 Å². The molecule has 5 heterocycles. The molecule has 5 aliphatic rings. The van der Waals surface area contributed by atoms with Crippen molar-refractivity contribution in [3.8, 4) is 0 Å². The fourth-order valence-electron chi connectivity index (χ4n) is 4.04. The first-order valence-corrected chi connectivity index (χ1v) is 13.6. The van der Waals surface area contributed by atoms with Crippen molar-refractivity contribution in [2.45, 2.75) is 55.1 Å². The van der Waals surface area contributed by atoms with Gasteiger partial charge in [-0.05, 0) is 5.53 Å². The Hall–Kier alpha value is -1.17. The van der Waals surface area contributed by atoms with Crippen molar-refractivity contribution in [3.63, 3.8) is 0 Å². The molecule has 0 saturated carbocycles. The van der Waals surface area contributed by atoms with Gasteiger partial charge in [-0.2, -0.15) is 0 Å². The van der Waals surface area contributed by atoms with Gasteiger partial charge in [0.1, 0.15) is 48.8 Å². The summed E-state index contributed by atoms with van der Waals surface area (Å²) < 4.78 is 69.7. The van der Waals surface area contributed by atoms with Crippen LogP contribution in [0.5, 0.6) is 0 Å². The highest BCUT2D eigenvalue weighted by atomic mass is 16.7. The zero-order chi connectivity index (χ0) is 26.7. The normalized spacial score (nSPS) is 36.4.